The van der Waals surface area contributed by atoms with Gasteiger partial charge in [0.15, 0.2) is 0 Å². The predicted molar refractivity (Wildman–Crippen MR) is 77.1 cm³/mol. The van der Waals surface area contributed by atoms with Crippen molar-refractivity contribution in [1.29, 1.82) is 0 Å². The van der Waals surface area contributed by atoms with Crippen LogP contribution < -0.4 is 0 Å². The highest BCUT2D eigenvalue weighted by molar-refractivity contribution is 9.10. The number of rotatable bonds is 2. The van der Waals surface area contributed by atoms with Crippen LogP contribution in [0.3, 0.4) is 0 Å². The third-order valence-electron chi connectivity index (χ3n) is 3.20. The summed E-state index contributed by atoms with van der Waals surface area (Å²) in [5, 5.41) is 0. The van der Waals surface area contributed by atoms with Gasteiger partial charge in [-0.05, 0) is 37.5 Å². The van der Waals surface area contributed by atoms with Gasteiger partial charge in [-0.2, -0.15) is 0 Å². The Labute approximate surface area is 125 Å². The highest BCUT2D eigenvalue weighted by Gasteiger charge is 2.23. The second-order valence-electron chi connectivity index (χ2n) is 4.52. The molecule has 19 heavy (non-hydrogen) atoms. The van der Waals surface area contributed by atoms with Crippen LogP contribution in [-0.4, -0.2) is 32.3 Å². The van der Waals surface area contributed by atoms with Crippen LogP contribution in [0.2, 0.25) is 0 Å². The molecule has 0 N–H and O–H groups in total. The molecule has 1 aromatic carbocycles. The third kappa shape index (κ3) is 3.12. The fourth-order valence-corrected chi connectivity index (χ4v) is 3.95. The predicted octanol–water partition coefficient (Wildman–Crippen LogP) is 2.92. The number of hydrogen-bond donors (Lipinski definition) is 0. The Morgan fingerprint density at radius 2 is 1.89 bits per heavy atom. The molecule has 0 spiro atoms. The number of amides is 1. The maximum atomic E-state index is 12.3. The fraction of sp³-hybridized carbons (Fsp3) is 0.417. The molecule has 4 nitrogen and oxygen atoms in total. The van der Waals surface area contributed by atoms with Crippen LogP contribution in [0.15, 0.2) is 21.5 Å². The number of carbonyl (C=O) groups excluding carboxylic acids is 1. The van der Waals surface area contributed by atoms with Crippen LogP contribution in [0.1, 0.15) is 28.8 Å². The van der Waals surface area contributed by atoms with E-state index in [9.17, 15) is 13.2 Å². The molecular formula is C12H13BrClNO3S. The highest BCUT2D eigenvalue weighted by Crippen LogP contribution is 2.29. The van der Waals surface area contributed by atoms with Crippen molar-refractivity contribution in [3.05, 3.63) is 27.7 Å². The van der Waals surface area contributed by atoms with E-state index in [1.807, 2.05) is 0 Å². The first-order valence-electron chi connectivity index (χ1n) is 5.85. The monoisotopic (exact) mass is 365 g/mol. The van der Waals surface area contributed by atoms with E-state index in [4.69, 9.17) is 10.7 Å². The minimum atomic E-state index is -3.86. The normalized spacial score (nSPS) is 15.8. The Balaban J connectivity index is 2.48. The zero-order valence-electron chi connectivity index (χ0n) is 10.3. The Hall–Kier alpha value is -0.590. The van der Waals surface area contributed by atoms with Crippen molar-refractivity contribution < 1.29 is 13.2 Å². The van der Waals surface area contributed by atoms with Gasteiger partial charge in [0.2, 0.25) is 0 Å². The minimum absolute atomic E-state index is 0.0221. The van der Waals surface area contributed by atoms with Crippen molar-refractivity contribution in [2.24, 2.45) is 0 Å². The summed E-state index contributed by atoms with van der Waals surface area (Å²) in [6.45, 7) is 3.07. The lowest BCUT2D eigenvalue weighted by atomic mass is 10.1. The molecule has 1 aliphatic rings. The van der Waals surface area contributed by atoms with Crippen LogP contribution in [0, 0.1) is 6.92 Å². The van der Waals surface area contributed by atoms with Crippen LogP contribution in [0.25, 0.3) is 0 Å². The smallest absolute Gasteiger partial charge is 0.261 e. The number of likely N-dealkylation sites (tertiary alicyclic amines) is 1. The van der Waals surface area contributed by atoms with E-state index in [0.717, 1.165) is 12.8 Å². The Morgan fingerprint density at radius 3 is 2.42 bits per heavy atom. The molecule has 0 aliphatic carbocycles. The van der Waals surface area contributed by atoms with E-state index in [-0.39, 0.29) is 10.8 Å². The number of carbonyl (C=O) groups is 1. The second-order valence-corrected chi connectivity index (χ2v) is 7.91. The van der Waals surface area contributed by atoms with Gasteiger partial charge in [0.1, 0.15) is 0 Å². The number of benzene rings is 1. The molecule has 2 rings (SSSR count). The molecular weight excluding hydrogens is 354 g/mol. The lowest BCUT2D eigenvalue weighted by Gasteiger charge is -2.16. The molecule has 0 aromatic heterocycles. The average Bonchev–Trinajstić information content (AvgIpc) is 2.83. The Kier molecular flexibility index (Phi) is 4.23. The molecule has 0 radical (unpaired) electrons. The van der Waals surface area contributed by atoms with Gasteiger partial charge in [-0.25, -0.2) is 8.42 Å². The zero-order chi connectivity index (χ0) is 14.2. The zero-order valence-corrected chi connectivity index (χ0v) is 13.5. The summed E-state index contributed by atoms with van der Waals surface area (Å²) in [6.07, 6.45) is 1.97. The van der Waals surface area contributed by atoms with Crippen LogP contribution in [0.5, 0.6) is 0 Å². The maximum Gasteiger partial charge on any atom is 0.261 e. The number of halogens is 2. The lowest BCUT2D eigenvalue weighted by molar-refractivity contribution is 0.0792. The molecule has 1 aromatic rings. The third-order valence-corrected chi connectivity index (χ3v) is 5.47. The van der Waals surface area contributed by atoms with Crippen molar-refractivity contribution in [2.75, 3.05) is 13.1 Å². The highest BCUT2D eigenvalue weighted by atomic mass is 79.9. The van der Waals surface area contributed by atoms with Gasteiger partial charge >= 0.3 is 0 Å². The Morgan fingerprint density at radius 1 is 1.32 bits per heavy atom. The minimum Gasteiger partial charge on any atom is -0.339 e. The summed E-state index contributed by atoms with van der Waals surface area (Å²) in [5.74, 6) is -0.153. The molecule has 0 unspecified atom stereocenters. The van der Waals surface area contributed by atoms with Crippen molar-refractivity contribution >= 4 is 41.6 Å². The largest absolute Gasteiger partial charge is 0.339 e. The van der Waals surface area contributed by atoms with Gasteiger partial charge in [0.25, 0.3) is 15.0 Å². The first kappa shape index (κ1) is 14.8. The number of nitrogens with zero attached hydrogens (tertiary/aromatic N) is 1. The molecule has 1 heterocycles. The van der Waals surface area contributed by atoms with E-state index >= 15 is 0 Å². The van der Waals surface area contributed by atoms with Crippen molar-refractivity contribution in [3.63, 3.8) is 0 Å². The van der Waals surface area contributed by atoms with E-state index in [1.54, 1.807) is 17.9 Å². The van der Waals surface area contributed by atoms with Crippen LogP contribution >= 0.6 is 26.6 Å². The van der Waals surface area contributed by atoms with Crippen molar-refractivity contribution in [1.82, 2.24) is 4.90 Å². The maximum absolute atomic E-state index is 12.3. The summed E-state index contributed by atoms with van der Waals surface area (Å²) in [6, 6.07) is 2.99. The van der Waals surface area contributed by atoms with Crippen molar-refractivity contribution in [2.45, 2.75) is 24.7 Å². The first-order valence-corrected chi connectivity index (χ1v) is 8.95. The van der Waals surface area contributed by atoms with E-state index in [0.29, 0.717) is 28.7 Å². The van der Waals surface area contributed by atoms with Gasteiger partial charge in [0.05, 0.1) is 4.90 Å². The van der Waals surface area contributed by atoms with Crippen molar-refractivity contribution in [3.8, 4) is 0 Å². The van der Waals surface area contributed by atoms with E-state index in [1.165, 1.54) is 6.07 Å². The SMILES string of the molecule is Cc1c(Br)cc(C(=O)N2CCCC2)cc1S(=O)(=O)Cl. The average molecular weight is 367 g/mol. The second kappa shape index (κ2) is 5.42. The van der Waals surface area contributed by atoms with E-state index in [2.05, 4.69) is 15.9 Å². The molecule has 0 bridgehead atoms. The molecule has 0 saturated carbocycles. The Bertz CT molecular complexity index is 624. The van der Waals surface area contributed by atoms with Crippen LogP contribution in [-0.2, 0) is 9.05 Å². The van der Waals surface area contributed by atoms with Gasteiger partial charge in [-0.3, -0.25) is 4.79 Å². The molecule has 1 fully saturated rings. The standard InChI is InChI=1S/C12H13BrClNO3S/c1-8-10(13)6-9(7-11(8)19(14,17)18)12(16)15-4-2-3-5-15/h6-7H,2-5H2,1H3. The molecule has 104 valence electrons. The molecule has 7 heteroatoms. The molecule has 1 saturated heterocycles. The fourth-order valence-electron chi connectivity index (χ4n) is 2.13. The molecule has 1 amide bonds. The number of hydrogen-bond acceptors (Lipinski definition) is 3. The van der Waals surface area contributed by atoms with E-state index < -0.39 is 9.05 Å². The summed E-state index contributed by atoms with van der Waals surface area (Å²) >= 11 is 3.27. The van der Waals surface area contributed by atoms with Gasteiger partial charge in [-0.15, -0.1) is 0 Å². The van der Waals surface area contributed by atoms with Crippen LogP contribution in [0.4, 0.5) is 0 Å². The quantitative estimate of drug-likeness (QED) is 0.756. The first-order chi connectivity index (χ1) is 8.80. The molecule has 0 atom stereocenters. The summed E-state index contributed by atoms with van der Waals surface area (Å²) < 4.78 is 23.6. The van der Waals surface area contributed by atoms with Gasteiger partial charge < -0.3 is 4.90 Å². The lowest BCUT2D eigenvalue weighted by Crippen LogP contribution is -2.27. The van der Waals surface area contributed by atoms with Gasteiger partial charge in [0, 0.05) is 33.8 Å². The topological polar surface area (TPSA) is 54.5 Å². The summed E-state index contributed by atoms with van der Waals surface area (Å²) in [4.78, 5) is 14.0. The summed E-state index contributed by atoms with van der Waals surface area (Å²) in [5.41, 5.74) is 0.853. The molecule has 1 aliphatic heterocycles. The summed E-state index contributed by atoms with van der Waals surface area (Å²) in [7, 11) is 1.53. The van der Waals surface area contributed by atoms with Gasteiger partial charge in [-0.1, -0.05) is 15.9 Å².